The zero-order valence-electron chi connectivity index (χ0n) is 11.6. The first-order valence-electron chi connectivity index (χ1n) is 6.65. The number of hydrogen-bond acceptors (Lipinski definition) is 3. The summed E-state index contributed by atoms with van der Waals surface area (Å²) in [7, 11) is 0. The SMILES string of the molecule is CCO[C@@H](C)c1ccc(-c2ccc(C(=O)[O-])cc2)cc1. The number of carbonyl (C=O) groups excluding carboxylic acids is 1. The van der Waals surface area contributed by atoms with Gasteiger partial charge in [-0.1, -0.05) is 48.5 Å². The summed E-state index contributed by atoms with van der Waals surface area (Å²) in [5, 5.41) is 10.7. The van der Waals surface area contributed by atoms with Crippen LogP contribution in [-0.2, 0) is 4.74 Å². The quantitative estimate of drug-likeness (QED) is 0.838. The monoisotopic (exact) mass is 269 g/mol. The fraction of sp³-hybridized carbons (Fsp3) is 0.235. The van der Waals surface area contributed by atoms with E-state index < -0.39 is 5.97 Å². The van der Waals surface area contributed by atoms with Crippen LogP contribution in [0, 0.1) is 0 Å². The first-order chi connectivity index (χ1) is 9.61. The number of carboxylic acid groups (broad SMARTS) is 1. The van der Waals surface area contributed by atoms with Gasteiger partial charge >= 0.3 is 0 Å². The van der Waals surface area contributed by atoms with E-state index in [1.54, 1.807) is 24.3 Å². The van der Waals surface area contributed by atoms with Crippen molar-refractivity contribution in [1.82, 2.24) is 0 Å². The Morgan fingerprint density at radius 1 is 1.05 bits per heavy atom. The van der Waals surface area contributed by atoms with Crippen LogP contribution in [0.1, 0.15) is 35.9 Å². The van der Waals surface area contributed by atoms with Gasteiger partial charge in [0.05, 0.1) is 12.1 Å². The van der Waals surface area contributed by atoms with Gasteiger partial charge in [0.15, 0.2) is 0 Å². The topological polar surface area (TPSA) is 49.4 Å². The lowest BCUT2D eigenvalue weighted by atomic mass is 10.0. The average Bonchev–Trinajstić information content (AvgIpc) is 2.48. The molecule has 0 aliphatic heterocycles. The van der Waals surface area contributed by atoms with Crippen molar-refractivity contribution in [2.75, 3.05) is 6.61 Å². The summed E-state index contributed by atoms with van der Waals surface area (Å²) in [5.74, 6) is -1.16. The molecule has 0 aliphatic rings. The van der Waals surface area contributed by atoms with Crippen molar-refractivity contribution in [3.8, 4) is 11.1 Å². The Balaban J connectivity index is 2.19. The van der Waals surface area contributed by atoms with Gasteiger partial charge in [-0.25, -0.2) is 0 Å². The third-order valence-corrected chi connectivity index (χ3v) is 3.25. The van der Waals surface area contributed by atoms with Crippen molar-refractivity contribution in [2.45, 2.75) is 20.0 Å². The van der Waals surface area contributed by atoms with Crippen LogP contribution in [0.5, 0.6) is 0 Å². The largest absolute Gasteiger partial charge is 0.545 e. The zero-order chi connectivity index (χ0) is 14.5. The molecule has 3 heteroatoms. The van der Waals surface area contributed by atoms with Gasteiger partial charge in [-0.15, -0.1) is 0 Å². The normalized spacial score (nSPS) is 12.1. The highest BCUT2D eigenvalue weighted by molar-refractivity contribution is 5.86. The standard InChI is InChI=1S/C17H18O3/c1-3-20-12(2)13-4-6-14(7-5-13)15-8-10-16(11-9-15)17(18)19/h4-12H,3H2,1-2H3,(H,18,19)/p-1/t12-/m0/s1. The lowest BCUT2D eigenvalue weighted by Crippen LogP contribution is -2.21. The Morgan fingerprint density at radius 2 is 1.55 bits per heavy atom. The van der Waals surface area contributed by atoms with E-state index >= 15 is 0 Å². The predicted octanol–water partition coefficient (Wildman–Crippen LogP) is 2.81. The van der Waals surface area contributed by atoms with E-state index in [4.69, 9.17) is 4.74 Å². The molecule has 104 valence electrons. The van der Waals surface area contributed by atoms with Gasteiger partial charge in [0.25, 0.3) is 0 Å². The van der Waals surface area contributed by atoms with E-state index in [0.717, 1.165) is 16.7 Å². The van der Waals surface area contributed by atoms with Gasteiger partial charge in [-0.05, 0) is 36.1 Å². The summed E-state index contributed by atoms with van der Waals surface area (Å²) < 4.78 is 5.54. The predicted molar refractivity (Wildman–Crippen MR) is 76.2 cm³/mol. The molecule has 2 aromatic rings. The molecule has 2 aromatic carbocycles. The van der Waals surface area contributed by atoms with Gasteiger partial charge in [0, 0.05) is 6.61 Å². The highest BCUT2D eigenvalue weighted by atomic mass is 16.5. The van der Waals surface area contributed by atoms with Crippen LogP contribution in [0.2, 0.25) is 0 Å². The minimum Gasteiger partial charge on any atom is -0.545 e. The van der Waals surface area contributed by atoms with Crippen molar-refractivity contribution >= 4 is 5.97 Å². The van der Waals surface area contributed by atoms with Crippen molar-refractivity contribution in [1.29, 1.82) is 0 Å². The van der Waals surface area contributed by atoms with Gasteiger partial charge in [-0.2, -0.15) is 0 Å². The summed E-state index contributed by atoms with van der Waals surface area (Å²) in [6.45, 7) is 4.69. The van der Waals surface area contributed by atoms with Crippen LogP contribution in [0.4, 0.5) is 0 Å². The van der Waals surface area contributed by atoms with E-state index in [0.29, 0.717) is 6.61 Å². The highest BCUT2D eigenvalue weighted by Crippen LogP contribution is 2.23. The molecule has 0 N–H and O–H groups in total. The van der Waals surface area contributed by atoms with Gasteiger partial charge in [-0.3, -0.25) is 0 Å². The molecule has 0 bridgehead atoms. The molecule has 2 rings (SSSR count). The average molecular weight is 269 g/mol. The van der Waals surface area contributed by atoms with Gasteiger partial charge in [0.2, 0.25) is 0 Å². The molecule has 0 saturated heterocycles. The zero-order valence-corrected chi connectivity index (χ0v) is 11.6. The van der Waals surface area contributed by atoms with Crippen LogP contribution in [-0.4, -0.2) is 12.6 Å². The third-order valence-electron chi connectivity index (χ3n) is 3.25. The molecular formula is C17H17O3-. The van der Waals surface area contributed by atoms with Gasteiger partial charge in [0.1, 0.15) is 0 Å². The van der Waals surface area contributed by atoms with Crippen molar-refractivity contribution in [3.05, 3.63) is 59.7 Å². The highest BCUT2D eigenvalue weighted by Gasteiger charge is 2.05. The molecule has 1 atom stereocenters. The molecule has 0 amide bonds. The first-order valence-corrected chi connectivity index (χ1v) is 6.65. The Labute approximate surface area is 118 Å². The van der Waals surface area contributed by atoms with Crippen LogP contribution in [0.15, 0.2) is 48.5 Å². The van der Waals surface area contributed by atoms with E-state index in [1.165, 1.54) is 0 Å². The molecule has 0 saturated carbocycles. The molecule has 0 unspecified atom stereocenters. The number of carbonyl (C=O) groups is 1. The number of carboxylic acids is 1. The number of ether oxygens (including phenoxy) is 1. The van der Waals surface area contributed by atoms with E-state index in [-0.39, 0.29) is 11.7 Å². The summed E-state index contributed by atoms with van der Waals surface area (Å²) in [5.41, 5.74) is 3.34. The summed E-state index contributed by atoms with van der Waals surface area (Å²) >= 11 is 0. The number of hydrogen-bond donors (Lipinski definition) is 0. The summed E-state index contributed by atoms with van der Waals surface area (Å²) in [6, 6.07) is 14.8. The summed E-state index contributed by atoms with van der Waals surface area (Å²) in [6.07, 6.45) is 0.0783. The lowest BCUT2D eigenvalue weighted by molar-refractivity contribution is -0.255. The summed E-state index contributed by atoms with van der Waals surface area (Å²) in [4.78, 5) is 10.7. The fourth-order valence-electron chi connectivity index (χ4n) is 2.09. The molecule has 20 heavy (non-hydrogen) atoms. The second kappa shape index (κ2) is 6.35. The van der Waals surface area contributed by atoms with Crippen molar-refractivity contribution < 1.29 is 14.6 Å². The van der Waals surface area contributed by atoms with Crippen molar-refractivity contribution in [2.24, 2.45) is 0 Å². The van der Waals surface area contributed by atoms with E-state index in [1.807, 2.05) is 38.1 Å². The maximum Gasteiger partial charge on any atom is 0.0796 e. The number of benzene rings is 2. The maximum atomic E-state index is 10.7. The van der Waals surface area contributed by atoms with Crippen LogP contribution >= 0.6 is 0 Å². The van der Waals surface area contributed by atoms with Crippen LogP contribution in [0.3, 0.4) is 0 Å². The molecule has 0 fully saturated rings. The second-order valence-electron chi connectivity index (χ2n) is 4.58. The Bertz CT molecular complexity index is 570. The van der Waals surface area contributed by atoms with Crippen LogP contribution < -0.4 is 5.11 Å². The maximum absolute atomic E-state index is 10.7. The second-order valence-corrected chi connectivity index (χ2v) is 4.58. The molecule has 3 nitrogen and oxygen atoms in total. The number of rotatable bonds is 5. The fourth-order valence-corrected chi connectivity index (χ4v) is 2.09. The molecule has 0 aliphatic carbocycles. The Kier molecular flexibility index (Phi) is 4.53. The van der Waals surface area contributed by atoms with E-state index in [2.05, 4.69) is 0 Å². The molecule has 0 radical (unpaired) electrons. The molecular weight excluding hydrogens is 252 g/mol. The minimum absolute atomic E-state index is 0.0783. The first kappa shape index (κ1) is 14.3. The smallest absolute Gasteiger partial charge is 0.0796 e. The van der Waals surface area contributed by atoms with Gasteiger partial charge < -0.3 is 14.6 Å². The number of aromatic carboxylic acids is 1. The Morgan fingerprint density at radius 3 is 2.00 bits per heavy atom. The molecule has 0 spiro atoms. The molecule has 0 aromatic heterocycles. The third kappa shape index (κ3) is 3.25. The molecule has 0 heterocycles. The van der Waals surface area contributed by atoms with Crippen LogP contribution in [0.25, 0.3) is 11.1 Å². The van der Waals surface area contributed by atoms with E-state index in [9.17, 15) is 9.90 Å². The minimum atomic E-state index is -1.16. The lowest BCUT2D eigenvalue weighted by Gasteiger charge is -2.12. The van der Waals surface area contributed by atoms with Crippen molar-refractivity contribution in [3.63, 3.8) is 0 Å². The Hall–Kier alpha value is -2.13.